The molecule has 0 radical (unpaired) electrons. The van der Waals surface area contributed by atoms with Gasteiger partial charge in [0.15, 0.2) is 0 Å². The molecule has 1 heterocycles. The van der Waals surface area contributed by atoms with Gasteiger partial charge in [-0.25, -0.2) is 8.78 Å². The summed E-state index contributed by atoms with van der Waals surface area (Å²) in [5.41, 5.74) is 5.79. The maximum atomic E-state index is 12.8. The van der Waals surface area contributed by atoms with Crippen LogP contribution in [-0.2, 0) is 5.54 Å². The minimum Gasteiger partial charge on any atom is -0.319 e. The Morgan fingerprint density at radius 2 is 1.69 bits per heavy atom. The molecule has 1 fully saturated rings. The minimum atomic E-state index is -0.594. The third-order valence-corrected chi connectivity index (χ3v) is 2.32. The van der Waals surface area contributed by atoms with E-state index in [-0.39, 0.29) is 0 Å². The molecule has 0 unspecified atom stereocenters. The van der Waals surface area contributed by atoms with Crippen LogP contribution in [-0.4, -0.2) is 13.1 Å². The third kappa shape index (κ3) is 1.43. The summed E-state index contributed by atoms with van der Waals surface area (Å²) in [5, 5.41) is 2.97. The van der Waals surface area contributed by atoms with E-state index < -0.39 is 17.2 Å². The highest BCUT2D eigenvalue weighted by Crippen LogP contribution is 2.23. The third-order valence-electron chi connectivity index (χ3n) is 2.32. The highest BCUT2D eigenvalue weighted by molar-refractivity contribution is 5.29. The number of halogens is 2. The summed E-state index contributed by atoms with van der Waals surface area (Å²) in [6.45, 7) is 1.13. The molecule has 1 aromatic rings. The second kappa shape index (κ2) is 2.75. The van der Waals surface area contributed by atoms with Crippen LogP contribution in [0.5, 0.6) is 0 Å². The molecule has 1 aromatic carbocycles. The molecule has 1 saturated heterocycles. The lowest BCUT2D eigenvalue weighted by Crippen LogP contribution is -2.62. The van der Waals surface area contributed by atoms with Crippen LogP contribution in [0.3, 0.4) is 0 Å². The predicted octanol–water partition coefficient (Wildman–Crippen LogP) is 0.722. The van der Waals surface area contributed by atoms with E-state index in [0.717, 1.165) is 6.07 Å². The van der Waals surface area contributed by atoms with Crippen LogP contribution in [0.1, 0.15) is 5.56 Å². The van der Waals surface area contributed by atoms with Gasteiger partial charge >= 0.3 is 0 Å². The fourth-order valence-corrected chi connectivity index (χ4v) is 1.44. The van der Waals surface area contributed by atoms with Gasteiger partial charge in [0.25, 0.3) is 0 Å². The van der Waals surface area contributed by atoms with Gasteiger partial charge < -0.3 is 11.1 Å². The first-order chi connectivity index (χ1) is 6.10. The Morgan fingerprint density at radius 3 is 2.08 bits per heavy atom. The number of benzene rings is 1. The van der Waals surface area contributed by atoms with E-state index in [1.54, 1.807) is 0 Å². The zero-order valence-electron chi connectivity index (χ0n) is 6.98. The van der Waals surface area contributed by atoms with Crippen molar-refractivity contribution < 1.29 is 8.78 Å². The summed E-state index contributed by atoms with van der Waals surface area (Å²) in [7, 11) is 0. The molecule has 0 bridgehead atoms. The second-order valence-electron chi connectivity index (χ2n) is 3.42. The Kier molecular flexibility index (Phi) is 1.82. The molecule has 0 aliphatic carbocycles. The maximum absolute atomic E-state index is 12.8. The lowest BCUT2D eigenvalue weighted by Gasteiger charge is -2.39. The average molecular weight is 184 g/mol. The molecular weight excluding hydrogens is 174 g/mol. The van der Waals surface area contributed by atoms with Gasteiger partial charge in [0, 0.05) is 19.2 Å². The normalized spacial score (nSPS) is 19.6. The molecule has 0 spiro atoms. The van der Waals surface area contributed by atoms with Gasteiger partial charge in [-0.15, -0.1) is 0 Å². The van der Waals surface area contributed by atoms with Gasteiger partial charge in [-0.05, 0) is 17.7 Å². The van der Waals surface area contributed by atoms with Crippen LogP contribution >= 0.6 is 0 Å². The quantitative estimate of drug-likeness (QED) is 0.675. The fraction of sp³-hybridized carbons (Fsp3) is 0.333. The van der Waals surface area contributed by atoms with Crippen molar-refractivity contribution in [1.29, 1.82) is 0 Å². The molecule has 13 heavy (non-hydrogen) atoms. The Hall–Kier alpha value is -1.00. The van der Waals surface area contributed by atoms with E-state index >= 15 is 0 Å². The first kappa shape index (κ1) is 8.59. The highest BCUT2D eigenvalue weighted by Gasteiger charge is 2.34. The molecule has 0 amide bonds. The summed E-state index contributed by atoms with van der Waals surface area (Å²) in [4.78, 5) is 0. The van der Waals surface area contributed by atoms with Crippen molar-refractivity contribution in [2.75, 3.05) is 13.1 Å². The smallest absolute Gasteiger partial charge is 0.126 e. The van der Waals surface area contributed by atoms with Gasteiger partial charge in [-0.3, -0.25) is 0 Å². The fourth-order valence-electron chi connectivity index (χ4n) is 1.44. The van der Waals surface area contributed by atoms with Crippen LogP contribution in [0, 0.1) is 11.6 Å². The first-order valence-electron chi connectivity index (χ1n) is 4.06. The zero-order chi connectivity index (χ0) is 9.47. The van der Waals surface area contributed by atoms with E-state index in [2.05, 4.69) is 5.32 Å². The molecule has 2 nitrogen and oxygen atoms in total. The van der Waals surface area contributed by atoms with Crippen molar-refractivity contribution in [2.45, 2.75) is 5.54 Å². The topological polar surface area (TPSA) is 38.0 Å². The molecule has 4 heteroatoms. The Balaban J connectivity index is 2.39. The summed E-state index contributed by atoms with van der Waals surface area (Å²) in [5.74, 6) is -1.15. The molecule has 1 aliphatic rings. The van der Waals surface area contributed by atoms with Gasteiger partial charge in [0.1, 0.15) is 11.6 Å². The minimum absolute atomic E-state index is 0.517. The molecule has 3 N–H and O–H groups in total. The van der Waals surface area contributed by atoms with Gasteiger partial charge in [-0.1, -0.05) is 0 Å². The molecule has 0 atom stereocenters. The predicted molar refractivity (Wildman–Crippen MR) is 45.1 cm³/mol. The molecule has 2 rings (SSSR count). The highest BCUT2D eigenvalue weighted by atomic mass is 19.1. The zero-order valence-corrected chi connectivity index (χ0v) is 6.98. The summed E-state index contributed by atoms with van der Waals surface area (Å²) in [6, 6.07) is 3.41. The molecule has 1 aliphatic heterocycles. The summed E-state index contributed by atoms with van der Waals surface area (Å²) in [6.07, 6.45) is 0. The van der Waals surface area contributed by atoms with Gasteiger partial charge in [0.2, 0.25) is 0 Å². The van der Waals surface area contributed by atoms with Crippen molar-refractivity contribution in [3.63, 3.8) is 0 Å². The lowest BCUT2D eigenvalue weighted by molar-refractivity contribution is 0.285. The van der Waals surface area contributed by atoms with Gasteiger partial charge in [-0.2, -0.15) is 0 Å². The number of nitrogens with two attached hydrogens (primary N) is 1. The number of hydrogen-bond donors (Lipinski definition) is 2. The second-order valence-corrected chi connectivity index (χ2v) is 3.42. The molecule has 0 saturated carbocycles. The Morgan fingerprint density at radius 1 is 1.15 bits per heavy atom. The number of rotatable bonds is 1. The Labute approximate surface area is 74.7 Å². The van der Waals surface area contributed by atoms with Crippen molar-refractivity contribution in [2.24, 2.45) is 5.73 Å². The van der Waals surface area contributed by atoms with Crippen molar-refractivity contribution in [3.8, 4) is 0 Å². The van der Waals surface area contributed by atoms with Crippen LogP contribution < -0.4 is 11.1 Å². The van der Waals surface area contributed by atoms with Crippen LogP contribution in [0.2, 0.25) is 0 Å². The molecule has 70 valence electrons. The molecular formula is C9H10F2N2. The van der Waals surface area contributed by atoms with E-state index in [0.29, 0.717) is 18.7 Å². The van der Waals surface area contributed by atoms with E-state index in [9.17, 15) is 8.78 Å². The van der Waals surface area contributed by atoms with Gasteiger partial charge in [0.05, 0.1) is 5.54 Å². The monoisotopic (exact) mass is 184 g/mol. The number of hydrogen-bond acceptors (Lipinski definition) is 2. The summed E-state index contributed by atoms with van der Waals surface area (Å²) >= 11 is 0. The average Bonchev–Trinajstić information content (AvgIpc) is 1.98. The van der Waals surface area contributed by atoms with Crippen molar-refractivity contribution in [3.05, 3.63) is 35.4 Å². The van der Waals surface area contributed by atoms with E-state index in [4.69, 9.17) is 5.73 Å². The molecule has 0 aromatic heterocycles. The SMILES string of the molecule is NC1(c2cc(F)cc(F)c2)CNC1. The van der Waals surface area contributed by atoms with E-state index in [1.165, 1.54) is 12.1 Å². The van der Waals surface area contributed by atoms with Crippen LogP contribution in [0.4, 0.5) is 8.78 Å². The van der Waals surface area contributed by atoms with Crippen molar-refractivity contribution >= 4 is 0 Å². The lowest BCUT2D eigenvalue weighted by atomic mass is 9.85. The Bertz CT molecular complexity index is 314. The first-order valence-corrected chi connectivity index (χ1v) is 4.06. The van der Waals surface area contributed by atoms with Crippen LogP contribution in [0.15, 0.2) is 18.2 Å². The van der Waals surface area contributed by atoms with Crippen molar-refractivity contribution in [1.82, 2.24) is 5.32 Å². The maximum Gasteiger partial charge on any atom is 0.126 e. The van der Waals surface area contributed by atoms with E-state index in [1.807, 2.05) is 0 Å². The standard InChI is InChI=1S/C9H10F2N2/c10-7-1-6(2-8(11)3-7)9(12)4-13-5-9/h1-3,13H,4-5,12H2. The number of nitrogens with one attached hydrogen (secondary N) is 1. The van der Waals surface area contributed by atoms with Crippen LogP contribution in [0.25, 0.3) is 0 Å². The largest absolute Gasteiger partial charge is 0.319 e. The summed E-state index contributed by atoms with van der Waals surface area (Å²) < 4.78 is 25.6.